The Bertz CT molecular complexity index is 400. The largest absolute Gasteiger partial charge is 0.501 e. The number of ether oxygens (including phenoxy) is 1. The minimum absolute atomic E-state index is 0.793. The lowest BCUT2D eigenvalue weighted by Gasteiger charge is -2.07. The highest BCUT2D eigenvalue weighted by molar-refractivity contribution is 5.54. The molecule has 0 N–H and O–H groups in total. The Balaban J connectivity index is 2.12. The van der Waals surface area contributed by atoms with E-state index in [0.717, 1.165) is 18.1 Å². The molecule has 2 rings (SSSR count). The number of methoxy groups -OCH3 is 1. The molecule has 0 saturated heterocycles. The van der Waals surface area contributed by atoms with Crippen LogP contribution < -0.4 is 0 Å². The van der Waals surface area contributed by atoms with E-state index in [-0.39, 0.29) is 0 Å². The van der Waals surface area contributed by atoms with Crippen molar-refractivity contribution in [2.24, 2.45) is 5.92 Å². The molecule has 1 aliphatic rings. The summed E-state index contributed by atoms with van der Waals surface area (Å²) in [7, 11) is 1.67. The van der Waals surface area contributed by atoms with Gasteiger partial charge in [-0.25, -0.2) is 0 Å². The van der Waals surface area contributed by atoms with Gasteiger partial charge in [0.25, 0.3) is 0 Å². The molecule has 0 bridgehead atoms. The molecule has 16 heavy (non-hydrogen) atoms. The van der Waals surface area contributed by atoms with Crippen molar-refractivity contribution in [3.8, 4) is 0 Å². The fraction of sp³-hybridized carbons (Fsp3) is 0.333. The SMILES string of the molecule is C=C(Cc1ccccc1/C=C/C1CC1)OC. The topological polar surface area (TPSA) is 9.23 Å². The predicted octanol–water partition coefficient (Wildman–Crippen LogP) is 3.81. The first-order valence-corrected chi connectivity index (χ1v) is 5.77. The molecule has 0 aromatic heterocycles. The molecule has 1 aromatic carbocycles. The first kappa shape index (κ1) is 11.0. The molecule has 0 unspecified atom stereocenters. The normalized spacial score (nSPS) is 15.3. The van der Waals surface area contributed by atoms with E-state index < -0.39 is 0 Å². The summed E-state index contributed by atoms with van der Waals surface area (Å²) in [5.74, 6) is 1.63. The van der Waals surface area contributed by atoms with Gasteiger partial charge in [0, 0.05) is 6.42 Å². The van der Waals surface area contributed by atoms with Crippen LogP contribution in [-0.4, -0.2) is 7.11 Å². The van der Waals surface area contributed by atoms with E-state index in [1.165, 1.54) is 24.0 Å². The maximum Gasteiger partial charge on any atom is 0.0927 e. The van der Waals surface area contributed by atoms with Crippen molar-refractivity contribution in [1.82, 2.24) is 0 Å². The molecule has 1 saturated carbocycles. The molecule has 1 fully saturated rings. The number of benzene rings is 1. The second-order valence-corrected chi connectivity index (χ2v) is 4.31. The molecule has 0 amide bonds. The van der Waals surface area contributed by atoms with E-state index in [1.807, 2.05) is 0 Å². The van der Waals surface area contributed by atoms with Crippen molar-refractivity contribution in [3.05, 3.63) is 53.8 Å². The maximum absolute atomic E-state index is 5.13. The zero-order chi connectivity index (χ0) is 11.4. The van der Waals surface area contributed by atoms with Gasteiger partial charge in [-0.15, -0.1) is 0 Å². The second-order valence-electron chi connectivity index (χ2n) is 4.31. The van der Waals surface area contributed by atoms with Crippen molar-refractivity contribution in [2.45, 2.75) is 19.3 Å². The van der Waals surface area contributed by atoms with Crippen molar-refractivity contribution >= 4 is 6.08 Å². The highest BCUT2D eigenvalue weighted by atomic mass is 16.5. The molecule has 1 nitrogen and oxygen atoms in total. The Kier molecular flexibility index (Phi) is 3.45. The van der Waals surface area contributed by atoms with E-state index >= 15 is 0 Å². The first-order chi connectivity index (χ1) is 7.79. The van der Waals surface area contributed by atoms with Crippen LogP contribution in [0.5, 0.6) is 0 Å². The summed E-state index contributed by atoms with van der Waals surface area (Å²) in [6.07, 6.45) is 8.04. The van der Waals surface area contributed by atoms with Crippen molar-refractivity contribution in [3.63, 3.8) is 0 Å². The van der Waals surface area contributed by atoms with Crippen molar-refractivity contribution < 1.29 is 4.74 Å². The van der Waals surface area contributed by atoms with E-state index in [4.69, 9.17) is 4.74 Å². The lowest BCUT2D eigenvalue weighted by atomic mass is 10.0. The smallest absolute Gasteiger partial charge is 0.0927 e. The molecular formula is C15H18O. The Labute approximate surface area is 97.4 Å². The van der Waals surface area contributed by atoms with Gasteiger partial charge < -0.3 is 4.74 Å². The Hall–Kier alpha value is -1.50. The van der Waals surface area contributed by atoms with Gasteiger partial charge in [-0.3, -0.25) is 0 Å². The summed E-state index contributed by atoms with van der Waals surface area (Å²) in [4.78, 5) is 0. The van der Waals surface area contributed by atoms with Crippen LogP contribution in [0.2, 0.25) is 0 Å². The van der Waals surface area contributed by atoms with Crippen molar-refractivity contribution in [2.75, 3.05) is 7.11 Å². The van der Waals surface area contributed by atoms with Crippen LogP contribution in [0.4, 0.5) is 0 Å². The van der Waals surface area contributed by atoms with Crippen LogP contribution in [0.15, 0.2) is 42.7 Å². The molecule has 0 heterocycles. The third-order valence-electron chi connectivity index (χ3n) is 2.90. The molecule has 1 heteroatoms. The average Bonchev–Trinajstić information content (AvgIpc) is 3.11. The van der Waals surface area contributed by atoms with E-state index in [2.05, 4.69) is 43.0 Å². The van der Waals surface area contributed by atoms with Crippen LogP contribution >= 0.6 is 0 Å². The third kappa shape index (κ3) is 2.99. The minimum atomic E-state index is 0.793. The van der Waals surface area contributed by atoms with E-state index in [0.29, 0.717) is 0 Å². The average molecular weight is 214 g/mol. The van der Waals surface area contributed by atoms with Gasteiger partial charge in [0.15, 0.2) is 0 Å². The molecule has 1 aliphatic carbocycles. The maximum atomic E-state index is 5.13. The zero-order valence-electron chi connectivity index (χ0n) is 9.78. The number of hydrogen-bond acceptors (Lipinski definition) is 1. The zero-order valence-corrected chi connectivity index (χ0v) is 9.78. The molecule has 84 valence electrons. The van der Waals surface area contributed by atoms with Crippen LogP contribution in [-0.2, 0) is 11.2 Å². The molecular weight excluding hydrogens is 196 g/mol. The number of allylic oxidation sites excluding steroid dienone is 2. The summed E-state index contributed by atoms with van der Waals surface area (Å²) >= 11 is 0. The summed E-state index contributed by atoms with van der Waals surface area (Å²) in [5, 5.41) is 0. The van der Waals surface area contributed by atoms with Gasteiger partial charge >= 0.3 is 0 Å². The van der Waals surface area contributed by atoms with Gasteiger partial charge in [-0.1, -0.05) is 43.0 Å². The summed E-state index contributed by atoms with van der Waals surface area (Å²) < 4.78 is 5.13. The lowest BCUT2D eigenvalue weighted by molar-refractivity contribution is 0.285. The summed E-state index contributed by atoms with van der Waals surface area (Å²) in [6.45, 7) is 3.87. The minimum Gasteiger partial charge on any atom is -0.501 e. The van der Waals surface area contributed by atoms with Gasteiger partial charge in [-0.2, -0.15) is 0 Å². The molecule has 0 spiro atoms. The van der Waals surface area contributed by atoms with Crippen LogP contribution in [0.3, 0.4) is 0 Å². The Morgan fingerprint density at radius 2 is 2.19 bits per heavy atom. The Morgan fingerprint density at radius 1 is 1.44 bits per heavy atom. The highest BCUT2D eigenvalue weighted by Crippen LogP contribution is 2.31. The molecule has 0 atom stereocenters. The Morgan fingerprint density at radius 3 is 2.88 bits per heavy atom. The van der Waals surface area contributed by atoms with Gasteiger partial charge in [0.05, 0.1) is 12.9 Å². The lowest BCUT2D eigenvalue weighted by Crippen LogP contribution is -1.94. The monoisotopic (exact) mass is 214 g/mol. The van der Waals surface area contributed by atoms with Crippen LogP contribution in [0, 0.1) is 5.92 Å². The van der Waals surface area contributed by atoms with Gasteiger partial charge in [0.1, 0.15) is 0 Å². The standard InChI is InChI=1S/C15H18O/c1-12(16-2)11-15-6-4-3-5-14(15)10-9-13-7-8-13/h3-6,9-10,13H,1,7-8,11H2,2H3/b10-9+. The van der Waals surface area contributed by atoms with Gasteiger partial charge in [-0.05, 0) is 29.9 Å². The van der Waals surface area contributed by atoms with Crippen LogP contribution in [0.1, 0.15) is 24.0 Å². The molecule has 0 aliphatic heterocycles. The van der Waals surface area contributed by atoms with E-state index in [1.54, 1.807) is 7.11 Å². The fourth-order valence-electron chi connectivity index (χ4n) is 1.67. The highest BCUT2D eigenvalue weighted by Gasteiger charge is 2.17. The summed E-state index contributed by atoms with van der Waals surface area (Å²) in [6, 6.07) is 8.42. The first-order valence-electron chi connectivity index (χ1n) is 5.77. The molecule has 0 radical (unpaired) electrons. The third-order valence-corrected chi connectivity index (χ3v) is 2.90. The quantitative estimate of drug-likeness (QED) is 0.677. The summed E-state index contributed by atoms with van der Waals surface area (Å²) in [5.41, 5.74) is 2.57. The number of hydrogen-bond donors (Lipinski definition) is 0. The van der Waals surface area contributed by atoms with E-state index in [9.17, 15) is 0 Å². The van der Waals surface area contributed by atoms with Gasteiger partial charge in [0.2, 0.25) is 0 Å². The number of rotatable bonds is 5. The van der Waals surface area contributed by atoms with Crippen LogP contribution in [0.25, 0.3) is 6.08 Å². The molecule has 1 aromatic rings. The second kappa shape index (κ2) is 5.02. The predicted molar refractivity (Wildman–Crippen MR) is 68.1 cm³/mol. The fourth-order valence-corrected chi connectivity index (χ4v) is 1.67. The van der Waals surface area contributed by atoms with Crippen molar-refractivity contribution in [1.29, 1.82) is 0 Å².